The van der Waals surface area contributed by atoms with Gasteiger partial charge in [-0.1, -0.05) is 35.4 Å². The van der Waals surface area contributed by atoms with Gasteiger partial charge in [0.15, 0.2) is 0 Å². The lowest BCUT2D eigenvalue weighted by molar-refractivity contribution is -0.137. The Morgan fingerprint density at radius 1 is 0.946 bits per heavy atom. The lowest BCUT2D eigenvalue weighted by atomic mass is 10.1. The molecule has 3 aromatic rings. The van der Waals surface area contributed by atoms with E-state index in [4.69, 9.17) is 11.6 Å². The number of amides is 1. The largest absolute Gasteiger partial charge is 0.416 e. The molecule has 0 aromatic heterocycles. The van der Waals surface area contributed by atoms with Gasteiger partial charge in [0.2, 0.25) is 5.91 Å². The van der Waals surface area contributed by atoms with Crippen molar-refractivity contribution >= 4 is 38.9 Å². The van der Waals surface area contributed by atoms with E-state index < -0.39 is 34.2 Å². The number of anilines is 2. The highest BCUT2D eigenvalue weighted by molar-refractivity contribution is 7.92. The van der Waals surface area contributed by atoms with Crippen LogP contribution >= 0.6 is 11.6 Å². The summed E-state index contributed by atoms with van der Waals surface area (Å²) < 4.78 is 67.4. The van der Waals surface area contributed by atoms with E-state index in [0.717, 1.165) is 22.0 Å². The molecule has 0 spiro atoms. The van der Waals surface area contributed by atoms with E-state index in [-0.39, 0.29) is 18.0 Å². The summed E-state index contributed by atoms with van der Waals surface area (Å²) in [6, 6.07) is 17.6. The first kappa shape index (κ1) is 26.8. The lowest BCUT2D eigenvalue weighted by Crippen LogP contribution is -2.52. The van der Waals surface area contributed by atoms with Gasteiger partial charge >= 0.3 is 6.18 Å². The number of hydrogen-bond acceptors (Lipinski definition) is 4. The number of benzene rings is 3. The van der Waals surface area contributed by atoms with E-state index in [1.54, 1.807) is 35.2 Å². The van der Waals surface area contributed by atoms with Gasteiger partial charge in [0.1, 0.15) is 6.54 Å². The molecule has 3 aromatic carbocycles. The second kappa shape index (κ2) is 10.6. The van der Waals surface area contributed by atoms with Crippen LogP contribution in [0.2, 0.25) is 5.02 Å². The van der Waals surface area contributed by atoms with Gasteiger partial charge in [-0.15, -0.1) is 0 Å². The maximum atomic E-state index is 13.5. The van der Waals surface area contributed by atoms with Crippen LogP contribution < -0.4 is 9.21 Å². The SMILES string of the molecule is Cc1ccc(S(=O)(=O)N(CC(=O)N2CCN(c3cccc(C(F)(F)F)c3)CC2)c2ccc(Cl)cc2)cc1. The molecule has 1 amide bonds. The number of nitrogens with zero attached hydrogens (tertiary/aromatic N) is 3. The third-order valence-electron chi connectivity index (χ3n) is 6.17. The number of rotatable bonds is 6. The second-order valence-corrected chi connectivity index (χ2v) is 11.0. The quantitative estimate of drug-likeness (QED) is 0.422. The van der Waals surface area contributed by atoms with Gasteiger partial charge in [0, 0.05) is 36.9 Å². The maximum Gasteiger partial charge on any atom is 0.416 e. The summed E-state index contributed by atoms with van der Waals surface area (Å²) in [6.07, 6.45) is -4.44. The summed E-state index contributed by atoms with van der Waals surface area (Å²) >= 11 is 5.98. The molecular weight excluding hydrogens is 527 g/mol. The van der Waals surface area contributed by atoms with Crippen molar-refractivity contribution in [3.05, 3.63) is 88.9 Å². The van der Waals surface area contributed by atoms with Crippen molar-refractivity contribution in [1.82, 2.24) is 4.90 Å². The third kappa shape index (κ3) is 6.19. The van der Waals surface area contributed by atoms with Crippen molar-refractivity contribution in [2.24, 2.45) is 0 Å². The molecule has 196 valence electrons. The molecule has 0 N–H and O–H groups in total. The lowest BCUT2D eigenvalue weighted by Gasteiger charge is -2.37. The van der Waals surface area contributed by atoms with Gasteiger partial charge in [-0.05, 0) is 61.5 Å². The minimum absolute atomic E-state index is 0.0511. The zero-order valence-corrected chi connectivity index (χ0v) is 21.5. The van der Waals surface area contributed by atoms with E-state index in [1.165, 1.54) is 35.2 Å². The van der Waals surface area contributed by atoms with Gasteiger partial charge in [0.05, 0.1) is 16.1 Å². The van der Waals surface area contributed by atoms with E-state index in [1.807, 2.05) is 6.92 Å². The Morgan fingerprint density at radius 2 is 1.57 bits per heavy atom. The van der Waals surface area contributed by atoms with E-state index in [9.17, 15) is 26.4 Å². The van der Waals surface area contributed by atoms with Crippen molar-refractivity contribution in [2.75, 3.05) is 41.9 Å². The Balaban J connectivity index is 1.51. The molecule has 0 saturated carbocycles. The Hall–Kier alpha value is -3.24. The average molecular weight is 552 g/mol. The normalized spacial score (nSPS) is 14.5. The summed E-state index contributed by atoms with van der Waals surface area (Å²) in [5, 5.41) is 0.425. The number of sulfonamides is 1. The van der Waals surface area contributed by atoms with E-state index in [2.05, 4.69) is 0 Å². The molecule has 0 unspecified atom stereocenters. The monoisotopic (exact) mass is 551 g/mol. The van der Waals surface area contributed by atoms with Crippen LogP contribution in [-0.4, -0.2) is 51.9 Å². The summed E-state index contributed by atoms with van der Waals surface area (Å²) in [5.41, 5.74) is 0.878. The summed E-state index contributed by atoms with van der Waals surface area (Å²) in [6.45, 7) is 2.54. The van der Waals surface area contributed by atoms with Crippen LogP contribution in [0.1, 0.15) is 11.1 Å². The highest BCUT2D eigenvalue weighted by Gasteiger charge is 2.32. The predicted molar refractivity (Wildman–Crippen MR) is 137 cm³/mol. The van der Waals surface area contributed by atoms with Crippen LogP contribution in [0.25, 0.3) is 0 Å². The first-order valence-corrected chi connectivity index (χ1v) is 13.3. The van der Waals surface area contributed by atoms with Gasteiger partial charge in [-0.25, -0.2) is 8.42 Å². The molecule has 1 fully saturated rings. The number of halogens is 4. The molecule has 1 aliphatic rings. The zero-order valence-electron chi connectivity index (χ0n) is 20.0. The van der Waals surface area contributed by atoms with Crippen molar-refractivity contribution in [3.8, 4) is 0 Å². The minimum Gasteiger partial charge on any atom is -0.368 e. The third-order valence-corrected chi connectivity index (χ3v) is 8.21. The molecule has 6 nitrogen and oxygen atoms in total. The number of carbonyl (C=O) groups is 1. The fourth-order valence-electron chi connectivity index (χ4n) is 4.08. The molecule has 1 aliphatic heterocycles. The minimum atomic E-state index is -4.44. The molecule has 1 heterocycles. The molecule has 37 heavy (non-hydrogen) atoms. The predicted octanol–water partition coefficient (Wildman–Crippen LogP) is 5.21. The maximum absolute atomic E-state index is 13.5. The molecule has 1 saturated heterocycles. The highest BCUT2D eigenvalue weighted by Crippen LogP contribution is 2.32. The second-order valence-electron chi connectivity index (χ2n) is 8.72. The number of carbonyl (C=O) groups excluding carboxylic acids is 1. The van der Waals surface area contributed by atoms with Crippen LogP contribution in [0.5, 0.6) is 0 Å². The Kier molecular flexibility index (Phi) is 7.70. The van der Waals surface area contributed by atoms with Crippen molar-refractivity contribution in [2.45, 2.75) is 18.0 Å². The van der Waals surface area contributed by atoms with Crippen LogP contribution in [0.4, 0.5) is 24.5 Å². The number of alkyl halides is 3. The number of aryl methyl sites for hydroxylation is 1. The van der Waals surface area contributed by atoms with Crippen molar-refractivity contribution in [1.29, 1.82) is 0 Å². The molecule has 0 radical (unpaired) electrons. The zero-order chi connectivity index (χ0) is 26.8. The molecule has 0 atom stereocenters. The van der Waals surface area contributed by atoms with E-state index in [0.29, 0.717) is 29.5 Å². The fourth-order valence-corrected chi connectivity index (χ4v) is 5.62. The van der Waals surface area contributed by atoms with Crippen LogP contribution in [0.15, 0.2) is 77.7 Å². The smallest absolute Gasteiger partial charge is 0.368 e. The number of piperazine rings is 1. The van der Waals surface area contributed by atoms with Gasteiger partial charge in [-0.3, -0.25) is 9.10 Å². The van der Waals surface area contributed by atoms with Crippen molar-refractivity contribution in [3.63, 3.8) is 0 Å². The van der Waals surface area contributed by atoms with E-state index >= 15 is 0 Å². The average Bonchev–Trinajstić information content (AvgIpc) is 2.87. The number of hydrogen-bond donors (Lipinski definition) is 0. The first-order valence-electron chi connectivity index (χ1n) is 11.5. The Morgan fingerprint density at radius 3 is 2.16 bits per heavy atom. The Bertz CT molecular complexity index is 1360. The van der Waals surface area contributed by atoms with Crippen LogP contribution in [0.3, 0.4) is 0 Å². The van der Waals surface area contributed by atoms with Crippen LogP contribution in [0, 0.1) is 6.92 Å². The standard InChI is InChI=1S/C26H25ClF3N3O3S/c1-19-5-11-24(12-6-19)37(35,36)33(22-9-7-21(27)8-10-22)18-25(34)32-15-13-31(14-16-32)23-4-2-3-20(17-23)26(28,29)30/h2-12,17H,13-16,18H2,1H3. The summed E-state index contributed by atoms with van der Waals surface area (Å²) in [7, 11) is -4.06. The summed E-state index contributed by atoms with van der Waals surface area (Å²) in [4.78, 5) is 16.6. The van der Waals surface area contributed by atoms with Crippen molar-refractivity contribution < 1.29 is 26.4 Å². The fraction of sp³-hybridized carbons (Fsp3) is 0.269. The molecule has 0 bridgehead atoms. The summed E-state index contributed by atoms with van der Waals surface area (Å²) in [5.74, 6) is -0.408. The molecule has 0 aliphatic carbocycles. The van der Waals surface area contributed by atoms with Gasteiger partial charge in [-0.2, -0.15) is 13.2 Å². The molecule has 4 rings (SSSR count). The van der Waals surface area contributed by atoms with Gasteiger partial charge in [0.25, 0.3) is 10.0 Å². The Labute approximate surface area is 218 Å². The van der Waals surface area contributed by atoms with Crippen LogP contribution in [-0.2, 0) is 21.0 Å². The molecular formula is C26H25ClF3N3O3S. The first-order chi connectivity index (χ1) is 17.4. The van der Waals surface area contributed by atoms with Gasteiger partial charge < -0.3 is 9.80 Å². The highest BCUT2D eigenvalue weighted by atomic mass is 35.5. The topological polar surface area (TPSA) is 60.9 Å². The molecule has 11 heteroatoms.